The Morgan fingerprint density at radius 1 is 1.09 bits per heavy atom. The molecule has 0 saturated carbocycles. The highest BCUT2D eigenvalue weighted by Gasteiger charge is 2.28. The molecule has 1 fully saturated rings. The van der Waals surface area contributed by atoms with Gasteiger partial charge >= 0.3 is 6.03 Å². The van der Waals surface area contributed by atoms with Crippen molar-refractivity contribution in [2.24, 2.45) is 0 Å². The van der Waals surface area contributed by atoms with E-state index in [-0.39, 0.29) is 6.03 Å². The molecule has 1 saturated heterocycles. The Balaban J connectivity index is 1.34. The zero-order chi connectivity index (χ0) is 22.7. The second kappa shape index (κ2) is 9.48. The molecule has 1 N–H and O–H groups in total. The van der Waals surface area contributed by atoms with Crippen molar-refractivity contribution in [1.29, 1.82) is 0 Å². The Hall–Kier alpha value is -2.62. The molecule has 2 heterocycles. The first-order chi connectivity index (χ1) is 15.4. The van der Waals surface area contributed by atoms with Crippen LogP contribution in [0.3, 0.4) is 0 Å². The van der Waals surface area contributed by atoms with Crippen LogP contribution in [-0.2, 0) is 23.1 Å². The standard InChI is InChI=1S/C23H27N3O4S2/c1-25(16-17-5-6-19-14-20(30-2)8-7-18(19)13-17)23(27)24-15-21-9-10-22(31-21)32(28,29)26-11-3-4-12-26/h5-10,13-14H,3-4,11-12,15-16H2,1-2H3,(H,24,27). The van der Waals surface area contributed by atoms with Crippen molar-refractivity contribution in [3.8, 4) is 5.75 Å². The maximum absolute atomic E-state index is 12.7. The molecule has 9 heteroatoms. The molecule has 170 valence electrons. The molecular weight excluding hydrogens is 446 g/mol. The largest absolute Gasteiger partial charge is 0.497 e. The Morgan fingerprint density at radius 2 is 1.81 bits per heavy atom. The fourth-order valence-electron chi connectivity index (χ4n) is 3.79. The number of thiophene rings is 1. The maximum Gasteiger partial charge on any atom is 0.317 e. The van der Waals surface area contributed by atoms with Gasteiger partial charge in [0.15, 0.2) is 0 Å². The van der Waals surface area contributed by atoms with Gasteiger partial charge in [0.1, 0.15) is 9.96 Å². The second-order valence-corrected chi connectivity index (χ2v) is 11.2. The van der Waals surface area contributed by atoms with Gasteiger partial charge in [-0.3, -0.25) is 0 Å². The first-order valence-corrected chi connectivity index (χ1v) is 12.8. The number of nitrogens with one attached hydrogen (secondary N) is 1. The normalized spacial score (nSPS) is 14.6. The van der Waals surface area contributed by atoms with Crippen molar-refractivity contribution >= 4 is 38.2 Å². The molecule has 7 nitrogen and oxygen atoms in total. The highest BCUT2D eigenvalue weighted by molar-refractivity contribution is 7.91. The van der Waals surface area contributed by atoms with E-state index in [4.69, 9.17) is 4.74 Å². The predicted octanol–water partition coefficient (Wildman–Crippen LogP) is 4.04. The smallest absolute Gasteiger partial charge is 0.317 e. The average Bonchev–Trinajstić information content (AvgIpc) is 3.50. The van der Waals surface area contributed by atoms with Gasteiger partial charge in [-0.1, -0.05) is 18.2 Å². The number of fused-ring (bicyclic) bond motifs is 1. The lowest BCUT2D eigenvalue weighted by Gasteiger charge is -2.18. The van der Waals surface area contributed by atoms with Crippen molar-refractivity contribution in [3.05, 3.63) is 59.0 Å². The van der Waals surface area contributed by atoms with Crippen LogP contribution in [0.4, 0.5) is 4.79 Å². The van der Waals surface area contributed by atoms with Gasteiger partial charge < -0.3 is 15.0 Å². The van der Waals surface area contributed by atoms with Gasteiger partial charge in [-0.2, -0.15) is 4.31 Å². The van der Waals surface area contributed by atoms with Gasteiger partial charge in [0.05, 0.1) is 13.7 Å². The maximum atomic E-state index is 12.7. The van der Waals surface area contributed by atoms with Crippen LogP contribution in [0, 0.1) is 0 Å². The summed E-state index contributed by atoms with van der Waals surface area (Å²) < 4.78 is 32.5. The molecule has 0 spiro atoms. The molecule has 32 heavy (non-hydrogen) atoms. The Kier molecular flexibility index (Phi) is 6.68. The first-order valence-electron chi connectivity index (χ1n) is 10.5. The number of carbonyl (C=O) groups is 1. The Morgan fingerprint density at radius 3 is 2.56 bits per heavy atom. The van der Waals surface area contributed by atoms with Gasteiger partial charge in [-0.15, -0.1) is 11.3 Å². The molecule has 2 aromatic carbocycles. The lowest BCUT2D eigenvalue weighted by Crippen LogP contribution is -2.36. The highest BCUT2D eigenvalue weighted by atomic mass is 32.2. The number of benzene rings is 2. The summed E-state index contributed by atoms with van der Waals surface area (Å²) in [7, 11) is -0.0283. The molecule has 1 aliphatic rings. The summed E-state index contributed by atoms with van der Waals surface area (Å²) in [4.78, 5) is 15.0. The van der Waals surface area contributed by atoms with Crippen molar-refractivity contribution in [1.82, 2.24) is 14.5 Å². The molecule has 3 aromatic rings. The number of methoxy groups -OCH3 is 1. The minimum Gasteiger partial charge on any atom is -0.497 e. The highest BCUT2D eigenvalue weighted by Crippen LogP contribution is 2.27. The summed E-state index contributed by atoms with van der Waals surface area (Å²) >= 11 is 1.22. The lowest BCUT2D eigenvalue weighted by atomic mass is 10.1. The van der Waals surface area contributed by atoms with Crippen molar-refractivity contribution in [2.45, 2.75) is 30.1 Å². The third kappa shape index (κ3) is 4.90. The molecule has 0 aliphatic carbocycles. The van der Waals surface area contributed by atoms with Crippen molar-refractivity contribution in [3.63, 3.8) is 0 Å². The summed E-state index contributed by atoms with van der Waals surface area (Å²) in [6.45, 7) is 1.92. The quantitative estimate of drug-likeness (QED) is 0.562. The summed E-state index contributed by atoms with van der Waals surface area (Å²) in [5.74, 6) is 0.812. The third-order valence-corrected chi connectivity index (χ3v) is 9.04. The number of hydrogen-bond donors (Lipinski definition) is 1. The Labute approximate surface area is 192 Å². The van der Waals surface area contributed by atoms with E-state index in [1.165, 1.54) is 15.6 Å². The van der Waals surface area contributed by atoms with Crippen molar-refractivity contribution in [2.75, 3.05) is 27.2 Å². The van der Waals surface area contributed by atoms with E-state index in [0.29, 0.717) is 30.4 Å². The van der Waals surface area contributed by atoms with Crippen molar-refractivity contribution < 1.29 is 17.9 Å². The average molecular weight is 474 g/mol. The molecular formula is C23H27N3O4S2. The van der Waals surface area contributed by atoms with Crippen LogP contribution >= 0.6 is 11.3 Å². The lowest BCUT2D eigenvalue weighted by molar-refractivity contribution is 0.206. The van der Waals surface area contributed by atoms with E-state index in [1.54, 1.807) is 31.2 Å². The predicted molar refractivity (Wildman–Crippen MR) is 127 cm³/mol. The van der Waals surface area contributed by atoms with E-state index in [9.17, 15) is 13.2 Å². The number of rotatable bonds is 7. The molecule has 1 aliphatic heterocycles. The fraction of sp³-hybridized carbons (Fsp3) is 0.348. The summed E-state index contributed by atoms with van der Waals surface area (Å²) in [5.41, 5.74) is 1.02. The van der Waals surface area contributed by atoms with Gasteiger partial charge in [0, 0.05) is 31.6 Å². The second-order valence-electron chi connectivity index (χ2n) is 7.89. The van der Waals surface area contributed by atoms with Crippen LogP contribution in [0.15, 0.2) is 52.7 Å². The molecule has 0 unspecified atom stereocenters. The number of hydrogen-bond acceptors (Lipinski definition) is 5. The molecule has 4 rings (SSSR count). The first kappa shape index (κ1) is 22.6. The minimum atomic E-state index is -3.42. The monoisotopic (exact) mass is 473 g/mol. The molecule has 2 amide bonds. The van der Waals surface area contributed by atoms with Gasteiger partial charge in [-0.25, -0.2) is 13.2 Å². The summed E-state index contributed by atoms with van der Waals surface area (Å²) in [5, 5.41) is 5.04. The van der Waals surface area contributed by atoms with Crippen LogP contribution in [-0.4, -0.2) is 50.9 Å². The molecule has 0 atom stereocenters. The van der Waals surface area contributed by atoms with Crippen LogP contribution in [0.1, 0.15) is 23.3 Å². The summed E-state index contributed by atoms with van der Waals surface area (Å²) in [6, 6.07) is 15.2. The number of carbonyl (C=O) groups excluding carboxylic acids is 1. The SMILES string of the molecule is COc1ccc2cc(CN(C)C(=O)NCc3ccc(S(=O)(=O)N4CCCC4)s3)ccc2c1. The zero-order valence-electron chi connectivity index (χ0n) is 18.2. The minimum absolute atomic E-state index is 0.211. The van der Waals surface area contributed by atoms with Crippen LogP contribution in [0.25, 0.3) is 10.8 Å². The number of nitrogens with zero attached hydrogens (tertiary/aromatic N) is 2. The summed E-state index contributed by atoms with van der Waals surface area (Å²) in [6.07, 6.45) is 1.82. The van der Waals surface area contributed by atoms with E-state index in [1.807, 2.05) is 30.3 Å². The van der Waals surface area contributed by atoms with E-state index >= 15 is 0 Å². The third-order valence-electron chi connectivity index (χ3n) is 5.59. The van der Waals surface area contributed by atoms with E-state index in [0.717, 1.165) is 39.8 Å². The van der Waals surface area contributed by atoms with Gasteiger partial charge in [-0.05, 0) is 59.5 Å². The molecule has 1 aromatic heterocycles. The Bertz CT molecular complexity index is 1220. The van der Waals surface area contributed by atoms with Gasteiger partial charge in [0.25, 0.3) is 10.0 Å². The van der Waals surface area contributed by atoms with E-state index < -0.39 is 10.0 Å². The van der Waals surface area contributed by atoms with Crippen LogP contribution < -0.4 is 10.1 Å². The van der Waals surface area contributed by atoms with Crippen LogP contribution in [0.2, 0.25) is 0 Å². The number of ether oxygens (including phenoxy) is 1. The molecule has 0 radical (unpaired) electrons. The number of amides is 2. The fourth-order valence-corrected chi connectivity index (χ4v) is 6.76. The molecule has 0 bridgehead atoms. The van der Waals surface area contributed by atoms with Gasteiger partial charge in [0.2, 0.25) is 0 Å². The number of urea groups is 1. The van der Waals surface area contributed by atoms with E-state index in [2.05, 4.69) is 11.4 Å². The number of sulfonamides is 1. The van der Waals surface area contributed by atoms with Crippen LogP contribution in [0.5, 0.6) is 5.75 Å². The zero-order valence-corrected chi connectivity index (χ0v) is 19.8. The topological polar surface area (TPSA) is 79.0 Å².